The maximum Gasteiger partial charge on any atom is 0.252 e. The fourth-order valence-electron chi connectivity index (χ4n) is 1.31. The summed E-state index contributed by atoms with van der Waals surface area (Å²) >= 11 is 0. The Hall–Kier alpha value is -2.04. The number of hydrogen-bond acceptors (Lipinski definition) is 3. The number of nitrogens with zero attached hydrogens (tertiary/aromatic N) is 1. The van der Waals surface area contributed by atoms with Gasteiger partial charge in [-0.2, -0.15) is 0 Å². The van der Waals surface area contributed by atoms with Crippen molar-refractivity contribution in [3.05, 3.63) is 29.3 Å². The molecule has 1 aromatic carbocycles. The number of hydrogen-bond donors (Lipinski definition) is 2. The zero-order valence-electron chi connectivity index (χ0n) is 10.3. The molecule has 3 N–H and O–H groups in total. The molecule has 1 rings (SSSR count). The van der Waals surface area contributed by atoms with E-state index in [1.54, 1.807) is 39.2 Å². The van der Waals surface area contributed by atoms with E-state index in [0.717, 1.165) is 5.56 Å². The average molecular weight is 235 g/mol. The Morgan fingerprint density at radius 2 is 2.00 bits per heavy atom. The summed E-state index contributed by atoms with van der Waals surface area (Å²) in [6.07, 6.45) is 0. The molecule has 5 heteroatoms. The normalized spacial score (nSPS) is 9.82. The summed E-state index contributed by atoms with van der Waals surface area (Å²) in [5, 5.41) is 2.56. The van der Waals surface area contributed by atoms with Crippen LogP contribution in [0.3, 0.4) is 0 Å². The van der Waals surface area contributed by atoms with Gasteiger partial charge < -0.3 is 16.0 Å². The zero-order valence-corrected chi connectivity index (χ0v) is 10.3. The second-order valence-electron chi connectivity index (χ2n) is 3.99. The van der Waals surface area contributed by atoms with E-state index >= 15 is 0 Å². The van der Waals surface area contributed by atoms with Crippen LogP contribution >= 0.6 is 0 Å². The Balaban J connectivity index is 2.71. The molecule has 0 heterocycles. The Bertz CT molecular complexity index is 441. The molecule has 0 unspecified atom stereocenters. The van der Waals surface area contributed by atoms with Gasteiger partial charge in [-0.15, -0.1) is 0 Å². The Morgan fingerprint density at radius 1 is 1.35 bits per heavy atom. The fourth-order valence-corrected chi connectivity index (χ4v) is 1.31. The molecule has 0 fully saturated rings. The molecule has 0 aliphatic carbocycles. The molecular formula is C12H17N3O2. The molecule has 1 aromatic rings. The number of amides is 2. The van der Waals surface area contributed by atoms with Crippen molar-refractivity contribution in [3.63, 3.8) is 0 Å². The van der Waals surface area contributed by atoms with Crippen molar-refractivity contribution in [2.45, 2.75) is 6.92 Å². The van der Waals surface area contributed by atoms with Crippen LogP contribution in [0.4, 0.5) is 5.69 Å². The molecule has 0 saturated carbocycles. The lowest BCUT2D eigenvalue weighted by atomic mass is 10.1. The van der Waals surface area contributed by atoms with Gasteiger partial charge in [-0.25, -0.2) is 0 Å². The van der Waals surface area contributed by atoms with E-state index in [0.29, 0.717) is 11.3 Å². The molecular weight excluding hydrogens is 218 g/mol. The SMILES string of the molecule is Cc1c(N)cccc1C(=O)NCC(=O)N(C)C. The number of benzene rings is 1. The minimum atomic E-state index is -0.287. The highest BCUT2D eigenvalue weighted by Crippen LogP contribution is 2.14. The first kappa shape index (κ1) is 13.0. The first-order valence-corrected chi connectivity index (χ1v) is 5.27. The predicted octanol–water partition coefficient (Wildman–Crippen LogP) is 0.395. The van der Waals surface area contributed by atoms with Gasteiger partial charge in [-0.3, -0.25) is 9.59 Å². The van der Waals surface area contributed by atoms with Gasteiger partial charge in [0.1, 0.15) is 0 Å². The minimum Gasteiger partial charge on any atom is -0.398 e. The Morgan fingerprint density at radius 3 is 2.59 bits per heavy atom. The van der Waals surface area contributed by atoms with Crippen LogP contribution in [-0.4, -0.2) is 37.4 Å². The van der Waals surface area contributed by atoms with Crippen LogP contribution < -0.4 is 11.1 Å². The van der Waals surface area contributed by atoms with Gasteiger partial charge in [-0.1, -0.05) is 6.07 Å². The van der Waals surface area contributed by atoms with Crippen molar-refractivity contribution >= 4 is 17.5 Å². The quantitative estimate of drug-likeness (QED) is 0.744. The number of nitrogens with one attached hydrogen (secondary N) is 1. The number of carbonyl (C=O) groups is 2. The third kappa shape index (κ3) is 3.21. The number of anilines is 1. The lowest BCUT2D eigenvalue weighted by Gasteiger charge is -2.12. The summed E-state index contributed by atoms with van der Waals surface area (Å²) in [4.78, 5) is 24.5. The highest BCUT2D eigenvalue weighted by atomic mass is 16.2. The third-order valence-electron chi connectivity index (χ3n) is 2.52. The molecule has 0 radical (unpaired) electrons. The van der Waals surface area contributed by atoms with E-state index < -0.39 is 0 Å². The van der Waals surface area contributed by atoms with Crippen molar-refractivity contribution in [1.82, 2.24) is 10.2 Å². The first-order chi connectivity index (χ1) is 7.93. The number of nitrogen functional groups attached to an aromatic ring is 1. The van der Waals surface area contributed by atoms with E-state index in [4.69, 9.17) is 5.73 Å². The van der Waals surface area contributed by atoms with E-state index in [1.165, 1.54) is 4.90 Å². The monoisotopic (exact) mass is 235 g/mol. The van der Waals surface area contributed by atoms with Gasteiger partial charge in [0.15, 0.2) is 0 Å². The molecule has 0 aliphatic rings. The van der Waals surface area contributed by atoms with Gasteiger partial charge in [-0.05, 0) is 24.6 Å². The summed E-state index contributed by atoms with van der Waals surface area (Å²) < 4.78 is 0. The molecule has 0 bridgehead atoms. The standard InChI is InChI=1S/C12H17N3O2/c1-8-9(5-4-6-10(8)13)12(17)14-7-11(16)15(2)3/h4-6H,7,13H2,1-3H3,(H,14,17). The van der Waals surface area contributed by atoms with Crippen molar-refractivity contribution < 1.29 is 9.59 Å². The van der Waals surface area contributed by atoms with Crippen LogP contribution in [0.15, 0.2) is 18.2 Å². The van der Waals surface area contributed by atoms with Crippen LogP contribution in [-0.2, 0) is 4.79 Å². The lowest BCUT2D eigenvalue weighted by Crippen LogP contribution is -2.36. The lowest BCUT2D eigenvalue weighted by molar-refractivity contribution is -0.127. The topological polar surface area (TPSA) is 75.4 Å². The Kier molecular flexibility index (Phi) is 4.09. The second kappa shape index (κ2) is 5.34. The summed E-state index contributed by atoms with van der Waals surface area (Å²) in [6.45, 7) is 1.76. The molecule has 17 heavy (non-hydrogen) atoms. The van der Waals surface area contributed by atoms with E-state index in [2.05, 4.69) is 5.32 Å². The largest absolute Gasteiger partial charge is 0.398 e. The van der Waals surface area contributed by atoms with E-state index in [9.17, 15) is 9.59 Å². The number of rotatable bonds is 3. The highest BCUT2D eigenvalue weighted by molar-refractivity contribution is 5.98. The molecule has 0 aliphatic heterocycles. The maximum atomic E-state index is 11.8. The van der Waals surface area contributed by atoms with Crippen molar-refractivity contribution in [2.75, 3.05) is 26.4 Å². The fraction of sp³-hybridized carbons (Fsp3) is 0.333. The molecule has 0 spiro atoms. The van der Waals surface area contributed by atoms with Crippen LogP contribution in [0.2, 0.25) is 0 Å². The van der Waals surface area contributed by atoms with Crippen LogP contribution in [0.25, 0.3) is 0 Å². The summed E-state index contributed by atoms with van der Waals surface area (Å²) in [6, 6.07) is 5.13. The summed E-state index contributed by atoms with van der Waals surface area (Å²) in [5.74, 6) is -0.440. The average Bonchev–Trinajstić information content (AvgIpc) is 2.29. The number of carbonyl (C=O) groups excluding carboxylic acids is 2. The first-order valence-electron chi connectivity index (χ1n) is 5.27. The van der Waals surface area contributed by atoms with Gasteiger partial charge in [0.05, 0.1) is 6.54 Å². The van der Waals surface area contributed by atoms with Crippen LogP contribution in [0, 0.1) is 6.92 Å². The van der Waals surface area contributed by atoms with Crippen molar-refractivity contribution in [1.29, 1.82) is 0 Å². The van der Waals surface area contributed by atoms with Gasteiger partial charge >= 0.3 is 0 Å². The van der Waals surface area contributed by atoms with Gasteiger partial charge in [0, 0.05) is 25.3 Å². The summed E-state index contributed by atoms with van der Waals surface area (Å²) in [5.41, 5.74) is 7.49. The maximum absolute atomic E-state index is 11.8. The molecule has 92 valence electrons. The Labute approximate surface area is 101 Å². The minimum absolute atomic E-state index is 0.0138. The van der Waals surface area contributed by atoms with Crippen molar-refractivity contribution in [3.8, 4) is 0 Å². The third-order valence-corrected chi connectivity index (χ3v) is 2.52. The number of likely N-dealkylation sites (N-methyl/N-ethyl adjacent to an activating group) is 1. The smallest absolute Gasteiger partial charge is 0.252 e. The van der Waals surface area contributed by atoms with E-state index in [-0.39, 0.29) is 18.4 Å². The van der Waals surface area contributed by atoms with Gasteiger partial charge in [0.25, 0.3) is 5.91 Å². The molecule has 2 amide bonds. The highest BCUT2D eigenvalue weighted by Gasteiger charge is 2.12. The molecule has 5 nitrogen and oxygen atoms in total. The van der Waals surface area contributed by atoms with Gasteiger partial charge in [0.2, 0.25) is 5.91 Å². The molecule has 0 aromatic heterocycles. The predicted molar refractivity (Wildman–Crippen MR) is 66.6 cm³/mol. The zero-order chi connectivity index (χ0) is 13.0. The van der Waals surface area contributed by atoms with E-state index in [1.807, 2.05) is 0 Å². The van der Waals surface area contributed by atoms with Crippen LogP contribution in [0.5, 0.6) is 0 Å². The molecule has 0 saturated heterocycles. The summed E-state index contributed by atoms with van der Waals surface area (Å²) in [7, 11) is 3.28. The van der Waals surface area contributed by atoms with Crippen LogP contribution in [0.1, 0.15) is 15.9 Å². The number of nitrogens with two attached hydrogens (primary N) is 1. The second-order valence-corrected chi connectivity index (χ2v) is 3.99. The van der Waals surface area contributed by atoms with Crippen molar-refractivity contribution in [2.24, 2.45) is 0 Å². The molecule has 0 atom stereocenters.